The van der Waals surface area contributed by atoms with Gasteiger partial charge in [-0.1, -0.05) is 24.6 Å². The molecule has 1 aromatic heterocycles. The highest BCUT2D eigenvalue weighted by atomic mass is 14.6. The average Bonchev–Trinajstić information content (AvgIpc) is 2.06. The standard InChI is InChI=1S/C10H13N/c1-3-9(2)7-10-5-4-6-11-8-10/h4-8H,3H2,1-2H3. The Morgan fingerprint density at radius 1 is 1.64 bits per heavy atom. The molecule has 0 fully saturated rings. The average molecular weight is 147 g/mol. The van der Waals surface area contributed by atoms with Gasteiger partial charge < -0.3 is 0 Å². The normalized spacial score (nSPS) is 11.6. The predicted molar refractivity (Wildman–Crippen MR) is 48.2 cm³/mol. The minimum atomic E-state index is 1.11. The number of nitrogens with zero attached hydrogens (tertiary/aromatic N) is 1. The summed E-state index contributed by atoms with van der Waals surface area (Å²) in [4.78, 5) is 4.03. The van der Waals surface area contributed by atoms with E-state index in [9.17, 15) is 0 Å². The highest BCUT2D eigenvalue weighted by Crippen LogP contribution is 2.06. The summed E-state index contributed by atoms with van der Waals surface area (Å²) in [5, 5.41) is 0. The molecule has 0 amide bonds. The molecular formula is C10H13N. The Labute approximate surface area is 67.8 Å². The van der Waals surface area contributed by atoms with E-state index < -0.39 is 0 Å². The van der Waals surface area contributed by atoms with E-state index in [0.717, 1.165) is 6.42 Å². The second-order valence-corrected chi connectivity index (χ2v) is 2.63. The van der Waals surface area contributed by atoms with Crippen molar-refractivity contribution in [2.75, 3.05) is 0 Å². The summed E-state index contributed by atoms with van der Waals surface area (Å²) in [5.41, 5.74) is 2.57. The summed E-state index contributed by atoms with van der Waals surface area (Å²) in [6.07, 6.45) is 6.93. The van der Waals surface area contributed by atoms with Gasteiger partial charge >= 0.3 is 0 Å². The van der Waals surface area contributed by atoms with E-state index >= 15 is 0 Å². The van der Waals surface area contributed by atoms with E-state index in [4.69, 9.17) is 0 Å². The molecule has 1 nitrogen and oxygen atoms in total. The van der Waals surface area contributed by atoms with Crippen molar-refractivity contribution in [1.82, 2.24) is 4.98 Å². The fourth-order valence-electron chi connectivity index (χ4n) is 0.848. The first-order valence-electron chi connectivity index (χ1n) is 3.90. The summed E-state index contributed by atoms with van der Waals surface area (Å²) in [6.45, 7) is 4.29. The van der Waals surface area contributed by atoms with Crippen LogP contribution in [0.1, 0.15) is 25.8 Å². The minimum Gasteiger partial charge on any atom is -0.264 e. The Morgan fingerprint density at radius 3 is 3.00 bits per heavy atom. The number of pyridine rings is 1. The number of allylic oxidation sites excluding steroid dienone is 1. The zero-order valence-corrected chi connectivity index (χ0v) is 7.04. The zero-order valence-electron chi connectivity index (χ0n) is 7.04. The van der Waals surface area contributed by atoms with Gasteiger partial charge in [-0.2, -0.15) is 0 Å². The number of rotatable bonds is 2. The van der Waals surface area contributed by atoms with Crippen LogP contribution in [-0.4, -0.2) is 4.98 Å². The quantitative estimate of drug-likeness (QED) is 0.626. The van der Waals surface area contributed by atoms with Crippen LogP contribution in [0.25, 0.3) is 6.08 Å². The molecule has 0 spiro atoms. The van der Waals surface area contributed by atoms with E-state index in [2.05, 4.69) is 31.0 Å². The molecule has 58 valence electrons. The second kappa shape index (κ2) is 3.91. The Morgan fingerprint density at radius 2 is 2.45 bits per heavy atom. The molecule has 0 atom stereocenters. The molecule has 0 aromatic carbocycles. The van der Waals surface area contributed by atoms with Gasteiger partial charge in [-0.3, -0.25) is 4.98 Å². The van der Waals surface area contributed by atoms with Crippen LogP contribution in [0.2, 0.25) is 0 Å². The van der Waals surface area contributed by atoms with Crippen molar-refractivity contribution in [2.45, 2.75) is 20.3 Å². The highest BCUT2D eigenvalue weighted by Gasteiger charge is 1.86. The Balaban J connectivity index is 2.79. The Hall–Kier alpha value is -1.11. The van der Waals surface area contributed by atoms with Crippen LogP contribution < -0.4 is 0 Å². The third-order valence-corrected chi connectivity index (χ3v) is 1.66. The lowest BCUT2D eigenvalue weighted by atomic mass is 10.1. The van der Waals surface area contributed by atoms with Gasteiger partial charge in [0.15, 0.2) is 0 Å². The lowest BCUT2D eigenvalue weighted by Crippen LogP contribution is -1.76. The Kier molecular flexibility index (Phi) is 2.84. The van der Waals surface area contributed by atoms with Crippen LogP contribution in [-0.2, 0) is 0 Å². The maximum Gasteiger partial charge on any atom is 0.0340 e. The zero-order chi connectivity index (χ0) is 8.10. The molecule has 1 heteroatoms. The van der Waals surface area contributed by atoms with E-state index in [1.807, 2.05) is 12.3 Å². The van der Waals surface area contributed by atoms with E-state index in [0.29, 0.717) is 0 Å². The molecule has 0 saturated carbocycles. The van der Waals surface area contributed by atoms with Crippen LogP contribution in [0.4, 0.5) is 0 Å². The molecule has 0 aliphatic carbocycles. The maximum atomic E-state index is 4.03. The van der Waals surface area contributed by atoms with Crippen LogP contribution in [0.3, 0.4) is 0 Å². The van der Waals surface area contributed by atoms with Crippen LogP contribution in [0.15, 0.2) is 30.1 Å². The lowest BCUT2D eigenvalue weighted by molar-refractivity contribution is 1.11. The number of hydrogen-bond acceptors (Lipinski definition) is 1. The number of aromatic nitrogens is 1. The van der Waals surface area contributed by atoms with Crippen LogP contribution in [0.5, 0.6) is 0 Å². The first kappa shape index (κ1) is 7.99. The molecule has 0 radical (unpaired) electrons. The summed E-state index contributed by atoms with van der Waals surface area (Å²) in [7, 11) is 0. The predicted octanol–water partition coefficient (Wildman–Crippen LogP) is 2.89. The molecule has 1 aromatic rings. The molecule has 0 saturated heterocycles. The smallest absolute Gasteiger partial charge is 0.0340 e. The van der Waals surface area contributed by atoms with E-state index in [-0.39, 0.29) is 0 Å². The van der Waals surface area contributed by atoms with E-state index in [1.165, 1.54) is 11.1 Å². The second-order valence-electron chi connectivity index (χ2n) is 2.63. The van der Waals surface area contributed by atoms with Gasteiger partial charge in [0.2, 0.25) is 0 Å². The highest BCUT2D eigenvalue weighted by molar-refractivity contribution is 5.50. The van der Waals surface area contributed by atoms with Gasteiger partial charge in [0, 0.05) is 12.4 Å². The third kappa shape index (κ3) is 2.54. The molecule has 0 N–H and O–H groups in total. The van der Waals surface area contributed by atoms with Crippen molar-refractivity contribution >= 4 is 6.08 Å². The first-order chi connectivity index (χ1) is 5.33. The molecule has 0 aliphatic rings. The molecule has 0 unspecified atom stereocenters. The summed E-state index contributed by atoms with van der Waals surface area (Å²) in [6, 6.07) is 4.01. The molecule has 1 heterocycles. The summed E-state index contributed by atoms with van der Waals surface area (Å²) < 4.78 is 0. The summed E-state index contributed by atoms with van der Waals surface area (Å²) >= 11 is 0. The number of hydrogen-bond donors (Lipinski definition) is 0. The third-order valence-electron chi connectivity index (χ3n) is 1.66. The van der Waals surface area contributed by atoms with Gasteiger partial charge in [-0.15, -0.1) is 0 Å². The van der Waals surface area contributed by atoms with Crippen molar-refractivity contribution in [3.8, 4) is 0 Å². The fourth-order valence-corrected chi connectivity index (χ4v) is 0.848. The SMILES string of the molecule is CCC(C)=Cc1cccnc1. The maximum absolute atomic E-state index is 4.03. The first-order valence-corrected chi connectivity index (χ1v) is 3.90. The molecular weight excluding hydrogens is 134 g/mol. The van der Waals surface area contributed by atoms with Gasteiger partial charge in [0.25, 0.3) is 0 Å². The summed E-state index contributed by atoms with van der Waals surface area (Å²) in [5.74, 6) is 0. The molecule has 1 rings (SSSR count). The van der Waals surface area contributed by atoms with Crippen molar-refractivity contribution < 1.29 is 0 Å². The molecule has 11 heavy (non-hydrogen) atoms. The van der Waals surface area contributed by atoms with Crippen LogP contribution in [0, 0.1) is 0 Å². The lowest BCUT2D eigenvalue weighted by Gasteiger charge is -1.94. The van der Waals surface area contributed by atoms with Gasteiger partial charge in [0.05, 0.1) is 0 Å². The van der Waals surface area contributed by atoms with Gasteiger partial charge in [-0.05, 0) is 25.0 Å². The van der Waals surface area contributed by atoms with E-state index in [1.54, 1.807) is 6.20 Å². The largest absolute Gasteiger partial charge is 0.264 e. The fraction of sp³-hybridized carbons (Fsp3) is 0.300. The van der Waals surface area contributed by atoms with Gasteiger partial charge in [0.1, 0.15) is 0 Å². The van der Waals surface area contributed by atoms with Crippen molar-refractivity contribution in [2.24, 2.45) is 0 Å². The molecule has 0 bridgehead atoms. The Bertz CT molecular complexity index is 236. The van der Waals surface area contributed by atoms with Crippen molar-refractivity contribution in [1.29, 1.82) is 0 Å². The monoisotopic (exact) mass is 147 g/mol. The topological polar surface area (TPSA) is 12.9 Å². The van der Waals surface area contributed by atoms with Gasteiger partial charge in [-0.25, -0.2) is 0 Å². The molecule has 0 aliphatic heterocycles. The van der Waals surface area contributed by atoms with Crippen molar-refractivity contribution in [3.63, 3.8) is 0 Å². The minimum absolute atomic E-state index is 1.11. The van der Waals surface area contributed by atoms with Crippen LogP contribution >= 0.6 is 0 Å². The van der Waals surface area contributed by atoms with Crippen molar-refractivity contribution in [3.05, 3.63) is 35.7 Å².